The molecular weight excluding hydrogens is 435 g/mol. The molecule has 3 aromatic carbocycles. The third-order valence-corrected chi connectivity index (χ3v) is 5.22. The Hall–Kier alpha value is -4.07. The molecule has 5 nitrogen and oxygen atoms in total. The van der Waals surface area contributed by atoms with E-state index in [-0.39, 0.29) is 18.8 Å². The maximum absolute atomic E-state index is 15.2. The summed E-state index contributed by atoms with van der Waals surface area (Å²) in [7, 11) is 0. The van der Waals surface area contributed by atoms with E-state index in [2.05, 4.69) is 0 Å². The molecule has 0 radical (unpaired) electrons. The Balaban J connectivity index is 2.26. The number of phenols is 1. The Morgan fingerprint density at radius 3 is 2.15 bits per heavy atom. The molecule has 8 heteroatoms. The first-order valence-corrected chi connectivity index (χ1v) is 10.1. The zero-order chi connectivity index (χ0) is 23.7. The summed E-state index contributed by atoms with van der Waals surface area (Å²) in [5.74, 6) is -7.90. The fourth-order valence-electron chi connectivity index (χ4n) is 3.80. The number of phenolic OH excluding ortho intramolecular Hbond substituents is 1. The van der Waals surface area contributed by atoms with Crippen molar-refractivity contribution >= 4 is 16.9 Å². The molecule has 0 bridgehead atoms. The third kappa shape index (κ3) is 3.73. The van der Waals surface area contributed by atoms with Crippen LogP contribution in [0.15, 0.2) is 65.5 Å². The van der Waals surface area contributed by atoms with Gasteiger partial charge in [-0.15, -0.1) is 0 Å². The van der Waals surface area contributed by atoms with Gasteiger partial charge in [-0.05, 0) is 18.1 Å². The molecule has 1 aromatic heterocycles. The summed E-state index contributed by atoms with van der Waals surface area (Å²) in [4.78, 5) is 26.2. The van der Waals surface area contributed by atoms with Crippen LogP contribution in [0.1, 0.15) is 22.8 Å². The second-order valence-corrected chi connectivity index (χ2v) is 7.23. The highest BCUT2D eigenvalue weighted by atomic mass is 19.2. The van der Waals surface area contributed by atoms with Gasteiger partial charge in [0.1, 0.15) is 5.56 Å². The predicted molar refractivity (Wildman–Crippen MR) is 117 cm³/mol. The number of pyridine rings is 1. The SMILES string of the molecule is CCOC(=O)c1c(-c2ccccc2)n(Cc2ccccc2)c2c(F)c(F)c(F)c(O)c2c1=O. The Bertz CT molecular complexity index is 1420. The molecule has 4 aromatic rings. The number of nitrogens with zero attached hydrogens (tertiary/aromatic N) is 1. The van der Waals surface area contributed by atoms with Gasteiger partial charge in [0.25, 0.3) is 0 Å². The molecule has 0 atom stereocenters. The van der Waals surface area contributed by atoms with Crippen LogP contribution in [-0.4, -0.2) is 22.2 Å². The molecule has 0 aliphatic carbocycles. The number of aromatic nitrogens is 1. The first kappa shape index (κ1) is 22.1. The molecule has 0 amide bonds. The number of benzene rings is 3. The van der Waals surface area contributed by atoms with Crippen LogP contribution in [0.4, 0.5) is 13.2 Å². The number of hydrogen-bond donors (Lipinski definition) is 1. The molecule has 0 spiro atoms. The van der Waals surface area contributed by atoms with Crippen molar-refractivity contribution in [2.24, 2.45) is 0 Å². The number of ether oxygens (including phenoxy) is 1. The summed E-state index contributed by atoms with van der Waals surface area (Å²) in [5.41, 5.74) is -1.42. The lowest BCUT2D eigenvalue weighted by atomic mass is 9.99. The van der Waals surface area contributed by atoms with Crippen molar-refractivity contribution in [2.75, 3.05) is 6.61 Å². The summed E-state index contributed by atoms with van der Waals surface area (Å²) in [6.45, 7) is 1.35. The van der Waals surface area contributed by atoms with E-state index < -0.39 is 51.1 Å². The highest BCUT2D eigenvalue weighted by molar-refractivity contribution is 6.02. The average molecular weight is 453 g/mol. The normalized spacial score (nSPS) is 11.0. The van der Waals surface area contributed by atoms with Gasteiger partial charge in [0.2, 0.25) is 11.2 Å². The number of rotatable bonds is 5. The van der Waals surface area contributed by atoms with Gasteiger partial charge < -0.3 is 14.4 Å². The number of esters is 1. The van der Waals surface area contributed by atoms with Crippen molar-refractivity contribution < 1.29 is 27.8 Å². The average Bonchev–Trinajstić information content (AvgIpc) is 2.83. The minimum Gasteiger partial charge on any atom is -0.504 e. The van der Waals surface area contributed by atoms with E-state index in [4.69, 9.17) is 4.74 Å². The molecular formula is C25H18F3NO4. The maximum atomic E-state index is 15.2. The quantitative estimate of drug-likeness (QED) is 0.341. The van der Waals surface area contributed by atoms with Gasteiger partial charge in [-0.3, -0.25) is 4.79 Å². The number of halogens is 3. The van der Waals surface area contributed by atoms with Crippen LogP contribution in [0.25, 0.3) is 22.2 Å². The van der Waals surface area contributed by atoms with Gasteiger partial charge in [-0.1, -0.05) is 60.7 Å². The zero-order valence-electron chi connectivity index (χ0n) is 17.4. The first-order chi connectivity index (χ1) is 15.9. The number of carbonyl (C=O) groups is 1. The standard InChI is InChI=1S/C25H18F3NO4/c1-2-33-25(32)17-21(15-11-7-4-8-12-15)29(13-14-9-5-3-6-10-14)22-16(23(17)30)24(31)20(28)18(26)19(22)27/h3-12,31H,2,13H2,1H3. The van der Waals surface area contributed by atoms with Crippen molar-refractivity contribution in [3.8, 4) is 17.0 Å². The Morgan fingerprint density at radius 2 is 1.55 bits per heavy atom. The molecule has 0 fully saturated rings. The molecule has 0 saturated heterocycles. The van der Waals surface area contributed by atoms with Gasteiger partial charge in [0, 0.05) is 6.54 Å². The fraction of sp³-hybridized carbons (Fsp3) is 0.120. The minimum atomic E-state index is -1.93. The van der Waals surface area contributed by atoms with Crippen LogP contribution < -0.4 is 5.43 Å². The molecule has 0 unspecified atom stereocenters. The Morgan fingerprint density at radius 1 is 0.939 bits per heavy atom. The number of aromatic hydroxyl groups is 1. The van der Waals surface area contributed by atoms with Crippen molar-refractivity contribution in [3.63, 3.8) is 0 Å². The van der Waals surface area contributed by atoms with Crippen LogP contribution in [-0.2, 0) is 11.3 Å². The predicted octanol–water partition coefficient (Wildman–Crippen LogP) is 5.02. The van der Waals surface area contributed by atoms with Crippen LogP contribution >= 0.6 is 0 Å². The lowest BCUT2D eigenvalue weighted by Gasteiger charge is -2.21. The summed E-state index contributed by atoms with van der Waals surface area (Å²) in [6.07, 6.45) is 0. The molecule has 0 aliphatic heterocycles. The van der Waals surface area contributed by atoms with E-state index in [1.807, 2.05) is 0 Å². The molecule has 168 valence electrons. The summed E-state index contributed by atoms with van der Waals surface area (Å²) in [5, 5.41) is 9.44. The summed E-state index contributed by atoms with van der Waals surface area (Å²) in [6, 6.07) is 16.8. The van der Waals surface area contributed by atoms with Crippen molar-refractivity contribution in [3.05, 3.63) is 99.5 Å². The highest BCUT2D eigenvalue weighted by Gasteiger charge is 2.31. The molecule has 1 heterocycles. The van der Waals surface area contributed by atoms with E-state index in [1.165, 1.54) is 11.5 Å². The second-order valence-electron chi connectivity index (χ2n) is 7.23. The van der Waals surface area contributed by atoms with Crippen LogP contribution in [0.3, 0.4) is 0 Å². The van der Waals surface area contributed by atoms with Crippen LogP contribution in [0.2, 0.25) is 0 Å². The smallest absolute Gasteiger partial charge is 0.344 e. The lowest BCUT2D eigenvalue weighted by Crippen LogP contribution is -2.25. The van der Waals surface area contributed by atoms with Gasteiger partial charge in [-0.25, -0.2) is 13.6 Å². The van der Waals surface area contributed by atoms with E-state index in [9.17, 15) is 23.5 Å². The van der Waals surface area contributed by atoms with E-state index in [1.54, 1.807) is 60.7 Å². The molecule has 1 N–H and O–H groups in total. The Labute approximate surface area is 186 Å². The van der Waals surface area contributed by atoms with Gasteiger partial charge in [-0.2, -0.15) is 4.39 Å². The van der Waals surface area contributed by atoms with Gasteiger partial charge >= 0.3 is 5.97 Å². The summed E-state index contributed by atoms with van der Waals surface area (Å²) >= 11 is 0. The fourth-order valence-corrected chi connectivity index (χ4v) is 3.80. The second kappa shape index (κ2) is 8.82. The van der Waals surface area contributed by atoms with Crippen molar-refractivity contribution in [1.29, 1.82) is 0 Å². The number of hydrogen-bond acceptors (Lipinski definition) is 4. The first-order valence-electron chi connectivity index (χ1n) is 10.1. The third-order valence-electron chi connectivity index (χ3n) is 5.22. The zero-order valence-corrected chi connectivity index (χ0v) is 17.4. The topological polar surface area (TPSA) is 68.5 Å². The number of fused-ring (bicyclic) bond motifs is 1. The minimum absolute atomic E-state index is 0.0419. The van der Waals surface area contributed by atoms with Gasteiger partial charge in [0.05, 0.1) is 23.2 Å². The van der Waals surface area contributed by atoms with Crippen LogP contribution in [0, 0.1) is 17.5 Å². The van der Waals surface area contributed by atoms with E-state index >= 15 is 4.39 Å². The molecule has 0 saturated carbocycles. The van der Waals surface area contributed by atoms with E-state index in [0.29, 0.717) is 11.1 Å². The van der Waals surface area contributed by atoms with Crippen LogP contribution in [0.5, 0.6) is 5.75 Å². The summed E-state index contributed by atoms with van der Waals surface area (Å²) < 4.78 is 50.0. The number of carbonyl (C=O) groups excluding carboxylic acids is 1. The molecule has 33 heavy (non-hydrogen) atoms. The van der Waals surface area contributed by atoms with Gasteiger partial charge in [0.15, 0.2) is 17.4 Å². The van der Waals surface area contributed by atoms with E-state index in [0.717, 1.165) is 0 Å². The molecule has 4 rings (SSSR count). The Kier molecular flexibility index (Phi) is 5.91. The highest BCUT2D eigenvalue weighted by Crippen LogP contribution is 2.35. The lowest BCUT2D eigenvalue weighted by molar-refractivity contribution is 0.0525. The van der Waals surface area contributed by atoms with Crippen molar-refractivity contribution in [1.82, 2.24) is 4.57 Å². The molecule has 0 aliphatic rings. The largest absolute Gasteiger partial charge is 0.504 e. The van der Waals surface area contributed by atoms with Crippen molar-refractivity contribution in [2.45, 2.75) is 13.5 Å². The monoisotopic (exact) mass is 453 g/mol. The maximum Gasteiger partial charge on any atom is 0.344 e.